The lowest BCUT2D eigenvalue weighted by atomic mass is 10.4. The van der Waals surface area contributed by atoms with Crippen LogP contribution in [0.4, 0.5) is 0 Å². The fourth-order valence-corrected chi connectivity index (χ4v) is 0.620. The Labute approximate surface area is 53.8 Å². The van der Waals surface area contributed by atoms with Crippen molar-refractivity contribution in [3.63, 3.8) is 0 Å². The van der Waals surface area contributed by atoms with Gasteiger partial charge in [-0.2, -0.15) is 5.10 Å². The minimum atomic E-state index is 0.612. The quantitative estimate of drug-likeness (QED) is 0.459. The number of amidine groups is 1. The van der Waals surface area contributed by atoms with Crippen molar-refractivity contribution in [2.24, 2.45) is 10.8 Å². The van der Waals surface area contributed by atoms with Crippen LogP contribution in [0.2, 0.25) is 0 Å². The molecule has 1 aliphatic heterocycles. The van der Waals surface area contributed by atoms with E-state index in [4.69, 9.17) is 5.73 Å². The molecule has 4 heteroatoms. The smallest absolute Gasteiger partial charge is 0.129 e. The second-order valence-electron chi connectivity index (χ2n) is 1.81. The average Bonchev–Trinajstić information content (AvgIpc) is 2.17. The van der Waals surface area contributed by atoms with Crippen molar-refractivity contribution in [2.45, 2.75) is 6.42 Å². The van der Waals surface area contributed by atoms with E-state index in [1.807, 2.05) is 0 Å². The molecule has 0 spiro atoms. The number of nitrogens with one attached hydrogen (secondary N) is 2. The second-order valence-corrected chi connectivity index (χ2v) is 1.81. The summed E-state index contributed by atoms with van der Waals surface area (Å²) in [6, 6.07) is 0. The fraction of sp³-hybridized carbons (Fsp3) is 0.400. The van der Waals surface area contributed by atoms with Gasteiger partial charge in [-0.05, 0) is 6.54 Å². The van der Waals surface area contributed by atoms with Gasteiger partial charge < -0.3 is 11.1 Å². The number of hydrogen-bond donors (Lipinski definition) is 3. The Bertz CT molecular complexity index is 149. The first-order valence-corrected chi connectivity index (χ1v) is 2.81. The van der Waals surface area contributed by atoms with Crippen LogP contribution in [0.15, 0.2) is 17.5 Å². The summed E-state index contributed by atoms with van der Waals surface area (Å²) in [7, 11) is 0. The first-order valence-electron chi connectivity index (χ1n) is 2.81. The lowest BCUT2D eigenvalue weighted by molar-refractivity contribution is 0.904. The van der Waals surface area contributed by atoms with Crippen molar-refractivity contribution >= 4 is 5.84 Å². The molecule has 50 valence electrons. The Morgan fingerprint density at radius 2 is 2.44 bits per heavy atom. The number of rotatable bonds is 2. The van der Waals surface area contributed by atoms with Crippen LogP contribution in [0.1, 0.15) is 6.42 Å². The third kappa shape index (κ3) is 1.43. The number of hydrazone groups is 1. The topological polar surface area (TPSA) is 62.4 Å². The Balaban J connectivity index is 2.36. The van der Waals surface area contributed by atoms with E-state index in [2.05, 4.69) is 22.4 Å². The summed E-state index contributed by atoms with van der Waals surface area (Å²) in [4.78, 5) is 0. The van der Waals surface area contributed by atoms with Gasteiger partial charge in [0, 0.05) is 6.42 Å². The number of nitrogens with zero attached hydrogens (tertiary/aromatic N) is 1. The molecule has 1 aliphatic rings. The molecule has 0 amide bonds. The van der Waals surface area contributed by atoms with E-state index in [9.17, 15) is 0 Å². The zero-order chi connectivity index (χ0) is 6.69. The van der Waals surface area contributed by atoms with Gasteiger partial charge in [-0.3, -0.25) is 5.43 Å². The maximum absolute atomic E-state index is 5.28. The van der Waals surface area contributed by atoms with Crippen LogP contribution in [-0.2, 0) is 0 Å². The van der Waals surface area contributed by atoms with E-state index in [1.165, 1.54) is 0 Å². The summed E-state index contributed by atoms with van der Waals surface area (Å²) in [5.41, 5.74) is 7.96. The average molecular weight is 126 g/mol. The SMILES string of the molecule is C=C1NN=C(CCN)N1. The Hall–Kier alpha value is -1.03. The molecule has 1 rings (SSSR count). The van der Waals surface area contributed by atoms with E-state index >= 15 is 0 Å². The van der Waals surface area contributed by atoms with E-state index in [1.54, 1.807) is 0 Å². The molecule has 4 nitrogen and oxygen atoms in total. The molecular formula is C5H10N4. The Morgan fingerprint density at radius 3 is 2.89 bits per heavy atom. The van der Waals surface area contributed by atoms with Crippen LogP contribution in [0.25, 0.3) is 0 Å². The van der Waals surface area contributed by atoms with Gasteiger partial charge >= 0.3 is 0 Å². The highest BCUT2D eigenvalue weighted by atomic mass is 15.4. The van der Waals surface area contributed by atoms with Gasteiger partial charge in [-0.15, -0.1) is 0 Å². The molecule has 0 radical (unpaired) electrons. The van der Waals surface area contributed by atoms with E-state index in [0.717, 1.165) is 18.1 Å². The maximum atomic E-state index is 5.28. The third-order valence-corrected chi connectivity index (χ3v) is 1.00. The van der Waals surface area contributed by atoms with Gasteiger partial charge in [0.05, 0.1) is 0 Å². The summed E-state index contributed by atoms with van der Waals surface area (Å²) in [5.74, 6) is 1.58. The molecule has 0 atom stereocenters. The Morgan fingerprint density at radius 1 is 1.67 bits per heavy atom. The normalized spacial score (nSPS) is 16.6. The van der Waals surface area contributed by atoms with Gasteiger partial charge in [-0.25, -0.2) is 0 Å². The van der Waals surface area contributed by atoms with Gasteiger partial charge in [0.2, 0.25) is 0 Å². The lowest BCUT2D eigenvalue weighted by Crippen LogP contribution is -2.20. The third-order valence-electron chi connectivity index (χ3n) is 1.00. The second kappa shape index (κ2) is 2.50. The maximum Gasteiger partial charge on any atom is 0.129 e. The summed E-state index contributed by atoms with van der Waals surface area (Å²) in [6.45, 7) is 4.22. The minimum absolute atomic E-state index is 0.612. The minimum Gasteiger partial charge on any atom is -0.330 e. The molecule has 0 aromatic carbocycles. The van der Waals surface area contributed by atoms with Crippen molar-refractivity contribution in [1.82, 2.24) is 10.7 Å². The van der Waals surface area contributed by atoms with E-state index < -0.39 is 0 Å². The molecule has 9 heavy (non-hydrogen) atoms. The molecule has 1 heterocycles. The zero-order valence-corrected chi connectivity index (χ0v) is 5.15. The van der Waals surface area contributed by atoms with E-state index in [-0.39, 0.29) is 0 Å². The summed E-state index contributed by atoms with van der Waals surface area (Å²) in [5, 5.41) is 6.80. The monoisotopic (exact) mass is 126 g/mol. The predicted molar refractivity (Wildman–Crippen MR) is 36.5 cm³/mol. The predicted octanol–water partition coefficient (Wildman–Crippen LogP) is -0.687. The standard InChI is InChI=1S/C5H10N4/c1-4-7-5(2-3-6)9-8-4/h8H,1-3,6H2,(H,7,9). The molecule has 0 saturated carbocycles. The fourth-order valence-electron chi connectivity index (χ4n) is 0.620. The van der Waals surface area contributed by atoms with Crippen molar-refractivity contribution < 1.29 is 0 Å². The molecule has 0 bridgehead atoms. The van der Waals surface area contributed by atoms with Gasteiger partial charge in [0.15, 0.2) is 0 Å². The molecule has 0 saturated heterocycles. The molecule has 0 aromatic heterocycles. The summed E-state index contributed by atoms with van der Waals surface area (Å²) in [6.07, 6.45) is 0.770. The van der Waals surface area contributed by atoms with Crippen molar-refractivity contribution in [1.29, 1.82) is 0 Å². The zero-order valence-electron chi connectivity index (χ0n) is 5.15. The molecular weight excluding hydrogens is 116 g/mol. The number of nitrogens with two attached hydrogens (primary N) is 1. The van der Waals surface area contributed by atoms with Crippen LogP contribution < -0.4 is 16.5 Å². The molecule has 0 fully saturated rings. The molecule has 0 aromatic rings. The Kier molecular flexibility index (Phi) is 1.69. The van der Waals surface area contributed by atoms with Crippen molar-refractivity contribution in [3.05, 3.63) is 12.4 Å². The summed E-state index contributed by atoms with van der Waals surface area (Å²) < 4.78 is 0. The first-order chi connectivity index (χ1) is 4.33. The van der Waals surface area contributed by atoms with Crippen molar-refractivity contribution in [2.75, 3.05) is 6.54 Å². The molecule has 4 N–H and O–H groups in total. The summed E-state index contributed by atoms with van der Waals surface area (Å²) >= 11 is 0. The van der Waals surface area contributed by atoms with Crippen LogP contribution in [-0.4, -0.2) is 12.4 Å². The first kappa shape index (κ1) is 6.10. The van der Waals surface area contributed by atoms with Crippen LogP contribution in [0.3, 0.4) is 0 Å². The largest absolute Gasteiger partial charge is 0.330 e. The van der Waals surface area contributed by atoms with Gasteiger partial charge in [0.1, 0.15) is 11.7 Å². The van der Waals surface area contributed by atoms with Gasteiger partial charge in [0.25, 0.3) is 0 Å². The van der Waals surface area contributed by atoms with Crippen LogP contribution >= 0.6 is 0 Å². The van der Waals surface area contributed by atoms with Crippen LogP contribution in [0, 0.1) is 0 Å². The van der Waals surface area contributed by atoms with Crippen LogP contribution in [0.5, 0.6) is 0 Å². The lowest BCUT2D eigenvalue weighted by Gasteiger charge is -1.95. The highest BCUT2D eigenvalue weighted by molar-refractivity contribution is 5.85. The van der Waals surface area contributed by atoms with Gasteiger partial charge in [-0.1, -0.05) is 6.58 Å². The van der Waals surface area contributed by atoms with Crippen molar-refractivity contribution in [3.8, 4) is 0 Å². The van der Waals surface area contributed by atoms with E-state index in [0.29, 0.717) is 6.54 Å². The molecule has 0 unspecified atom stereocenters. The highest BCUT2D eigenvalue weighted by Gasteiger charge is 2.04. The molecule has 0 aliphatic carbocycles. The number of hydrogen-bond acceptors (Lipinski definition) is 4. The highest BCUT2D eigenvalue weighted by Crippen LogP contribution is 1.91.